The third-order valence-corrected chi connectivity index (χ3v) is 2.83. The summed E-state index contributed by atoms with van der Waals surface area (Å²) in [5, 5.41) is 1.27. The van der Waals surface area contributed by atoms with Crippen molar-refractivity contribution in [3.8, 4) is 0 Å². The number of carbonyl (C=O) groups is 1. The van der Waals surface area contributed by atoms with E-state index in [1.54, 1.807) is 7.05 Å². The van der Waals surface area contributed by atoms with Gasteiger partial charge < -0.3 is 0 Å². The van der Waals surface area contributed by atoms with Crippen molar-refractivity contribution in [2.45, 2.75) is 26.2 Å². The van der Waals surface area contributed by atoms with E-state index in [0.29, 0.717) is 6.42 Å². The van der Waals surface area contributed by atoms with E-state index in [4.69, 9.17) is 4.84 Å². The largest absolute Gasteiger partial charge is 0.275 e. The summed E-state index contributed by atoms with van der Waals surface area (Å²) in [6.07, 6.45) is 0.467. The van der Waals surface area contributed by atoms with Crippen molar-refractivity contribution in [2.24, 2.45) is 0 Å². The molecule has 1 atom stereocenters. The molecule has 88 valence electrons. The van der Waals surface area contributed by atoms with Crippen LogP contribution < -0.4 is 0 Å². The summed E-state index contributed by atoms with van der Waals surface area (Å²) in [7, 11) is 3.13. The molecular weight excluding hydrogens is 202 g/mol. The fraction of sp³-hybridized carbons (Fsp3) is 0.462. The van der Waals surface area contributed by atoms with Gasteiger partial charge in [-0.15, -0.1) is 0 Å². The lowest BCUT2D eigenvalue weighted by Crippen LogP contribution is -2.26. The van der Waals surface area contributed by atoms with Gasteiger partial charge in [0.1, 0.15) is 0 Å². The minimum Gasteiger partial charge on any atom is -0.275 e. The summed E-state index contributed by atoms with van der Waals surface area (Å²) < 4.78 is 0. The lowest BCUT2D eigenvalue weighted by molar-refractivity contribution is -0.169. The van der Waals surface area contributed by atoms with Gasteiger partial charge in [-0.1, -0.05) is 31.2 Å². The molecule has 16 heavy (non-hydrogen) atoms. The van der Waals surface area contributed by atoms with Crippen LogP contribution in [-0.4, -0.2) is 25.1 Å². The van der Waals surface area contributed by atoms with E-state index in [0.717, 1.165) is 0 Å². The van der Waals surface area contributed by atoms with Gasteiger partial charge in [-0.05, 0) is 24.0 Å². The molecule has 0 radical (unpaired) electrons. The van der Waals surface area contributed by atoms with Crippen LogP contribution in [0.5, 0.6) is 0 Å². The van der Waals surface area contributed by atoms with E-state index in [1.165, 1.54) is 23.3 Å². The standard InChI is InChI=1S/C13H19NO2/c1-10-7-5-6-8-12(10)11(2)9-13(15)14(3)16-4/h5-8,11H,9H2,1-4H3. The molecule has 1 rings (SSSR count). The quantitative estimate of drug-likeness (QED) is 0.731. The second-order valence-corrected chi connectivity index (χ2v) is 4.04. The van der Waals surface area contributed by atoms with Gasteiger partial charge in [-0.3, -0.25) is 9.63 Å². The molecule has 0 aliphatic carbocycles. The van der Waals surface area contributed by atoms with Crippen molar-refractivity contribution < 1.29 is 9.63 Å². The van der Waals surface area contributed by atoms with Crippen LogP contribution in [0.2, 0.25) is 0 Å². The van der Waals surface area contributed by atoms with E-state index < -0.39 is 0 Å². The molecule has 0 aromatic heterocycles. The maximum Gasteiger partial charge on any atom is 0.246 e. The van der Waals surface area contributed by atoms with Crippen molar-refractivity contribution in [2.75, 3.05) is 14.2 Å². The molecule has 0 aliphatic heterocycles. The van der Waals surface area contributed by atoms with Gasteiger partial charge in [0.15, 0.2) is 0 Å². The van der Waals surface area contributed by atoms with Crippen LogP contribution in [0, 0.1) is 6.92 Å². The highest BCUT2D eigenvalue weighted by atomic mass is 16.7. The Morgan fingerprint density at radius 1 is 1.44 bits per heavy atom. The minimum atomic E-state index is -0.00162. The minimum absolute atomic E-state index is 0.00162. The topological polar surface area (TPSA) is 29.5 Å². The van der Waals surface area contributed by atoms with Gasteiger partial charge in [0.05, 0.1) is 7.11 Å². The van der Waals surface area contributed by atoms with Gasteiger partial charge in [0.2, 0.25) is 5.91 Å². The number of nitrogens with zero attached hydrogens (tertiary/aromatic N) is 1. The Balaban J connectivity index is 2.69. The number of amides is 1. The summed E-state index contributed by atoms with van der Waals surface area (Å²) in [5.41, 5.74) is 2.45. The second kappa shape index (κ2) is 5.66. The van der Waals surface area contributed by atoms with Crippen LogP contribution in [0.1, 0.15) is 30.4 Å². The summed E-state index contributed by atoms with van der Waals surface area (Å²) in [6.45, 7) is 4.13. The molecule has 1 aromatic carbocycles. The number of benzene rings is 1. The van der Waals surface area contributed by atoms with E-state index >= 15 is 0 Å². The fourth-order valence-electron chi connectivity index (χ4n) is 1.74. The van der Waals surface area contributed by atoms with Crippen molar-refractivity contribution in [3.05, 3.63) is 35.4 Å². The Kier molecular flexibility index (Phi) is 4.50. The van der Waals surface area contributed by atoms with Crippen molar-refractivity contribution >= 4 is 5.91 Å². The van der Waals surface area contributed by atoms with Crippen molar-refractivity contribution in [3.63, 3.8) is 0 Å². The lowest BCUT2D eigenvalue weighted by atomic mass is 9.93. The smallest absolute Gasteiger partial charge is 0.246 e. The first-order valence-electron chi connectivity index (χ1n) is 5.42. The molecule has 0 heterocycles. The Morgan fingerprint density at radius 2 is 2.06 bits per heavy atom. The van der Waals surface area contributed by atoms with E-state index in [1.807, 2.05) is 12.1 Å². The molecule has 0 spiro atoms. The Morgan fingerprint density at radius 3 is 2.62 bits per heavy atom. The third-order valence-electron chi connectivity index (χ3n) is 2.83. The van der Waals surface area contributed by atoms with Gasteiger partial charge in [0, 0.05) is 13.5 Å². The first-order chi connectivity index (χ1) is 7.56. The molecule has 0 saturated heterocycles. The molecule has 3 nitrogen and oxygen atoms in total. The zero-order valence-corrected chi connectivity index (χ0v) is 10.4. The van der Waals surface area contributed by atoms with E-state index in [2.05, 4.69) is 26.0 Å². The molecule has 0 fully saturated rings. The average molecular weight is 221 g/mol. The number of rotatable bonds is 4. The summed E-state index contributed by atoms with van der Waals surface area (Å²) in [5.74, 6) is 0.213. The Bertz CT molecular complexity index is 363. The zero-order valence-electron chi connectivity index (χ0n) is 10.4. The SMILES string of the molecule is CON(C)C(=O)CC(C)c1ccccc1C. The van der Waals surface area contributed by atoms with Gasteiger partial charge in [0.25, 0.3) is 0 Å². The normalized spacial score (nSPS) is 12.2. The molecule has 1 amide bonds. The predicted molar refractivity (Wildman–Crippen MR) is 64.0 cm³/mol. The molecule has 1 unspecified atom stereocenters. The van der Waals surface area contributed by atoms with Crippen LogP contribution in [-0.2, 0) is 9.63 Å². The number of hydrogen-bond acceptors (Lipinski definition) is 2. The number of aryl methyl sites for hydroxylation is 1. The molecule has 0 N–H and O–H groups in total. The van der Waals surface area contributed by atoms with Gasteiger partial charge >= 0.3 is 0 Å². The summed E-state index contributed by atoms with van der Waals surface area (Å²) in [4.78, 5) is 16.5. The highest BCUT2D eigenvalue weighted by Gasteiger charge is 2.15. The van der Waals surface area contributed by atoms with Crippen LogP contribution in [0.15, 0.2) is 24.3 Å². The van der Waals surface area contributed by atoms with Crippen molar-refractivity contribution in [1.29, 1.82) is 0 Å². The number of hydroxylamine groups is 2. The number of hydrogen-bond donors (Lipinski definition) is 0. The van der Waals surface area contributed by atoms with Crippen LogP contribution in [0.4, 0.5) is 0 Å². The maximum atomic E-state index is 11.7. The molecule has 0 saturated carbocycles. The molecule has 3 heteroatoms. The average Bonchev–Trinajstić information content (AvgIpc) is 2.28. The molecular formula is C13H19NO2. The monoisotopic (exact) mass is 221 g/mol. The zero-order chi connectivity index (χ0) is 12.1. The van der Waals surface area contributed by atoms with Crippen molar-refractivity contribution in [1.82, 2.24) is 5.06 Å². The Hall–Kier alpha value is -1.35. The predicted octanol–water partition coefficient (Wildman–Crippen LogP) is 2.51. The highest BCUT2D eigenvalue weighted by molar-refractivity contribution is 5.75. The van der Waals surface area contributed by atoms with E-state index in [-0.39, 0.29) is 11.8 Å². The fourth-order valence-corrected chi connectivity index (χ4v) is 1.74. The highest BCUT2D eigenvalue weighted by Crippen LogP contribution is 2.22. The molecule has 0 aliphatic rings. The lowest BCUT2D eigenvalue weighted by Gasteiger charge is -2.18. The molecule has 0 bridgehead atoms. The first-order valence-corrected chi connectivity index (χ1v) is 5.42. The van der Waals surface area contributed by atoms with Crippen LogP contribution in [0.3, 0.4) is 0 Å². The third kappa shape index (κ3) is 3.07. The van der Waals surface area contributed by atoms with Crippen LogP contribution >= 0.6 is 0 Å². The maximum absolute atomic E-state index is 11.7. The molecule has 1 aromatic rings. The summed E-state index contributed by atoms with van der Waals surface area (Å²) >= 11 is 0. The van der Waals surface area contributed by atoms with Crippen LogP contribution in [0.25, 0.3) is 0 Å². The van der Waals surface area contributed by atoms with Gasteiger partial charge in [-0.25, -0.2) is 5.06 Å². The number of carbonyl (C=O) groups excluding carboxylic acids is 1. The van der Waals surface area contributed by atoms with Gasteiger partial charge in [-0.2, -0.15) is 0 Å². The van der Waals surface area contributed by atoms with E-state index in [9.17, 15) is 4.79 Å². The summed E-state index contributed by atoms with van der Waals surface area (Å²) in [6, 6.07) is 8.15. The first kappa shape index (κ1) is 12.7. The Labute approximate surface area is 97.0 Å². The second-order valence-electron chi connectivity index (χ2n) is 4.04.